The molecule has 3 heterocycles. The number of rotatable bonds is 8. The highest BCUT2D eigenvalue weighted by Gasteiger charge is 2.54. The molecule has 2 saturated heterocycles. The number of likely N-dealkylation sites (N-methyl/N-ethyl adjacent to an activating group) is 1. The average Bonchev–Trinajstić information content (AvgIpc) is 2.91. The number of hydrogen-bond acceptors (Lipinski definition) is 8. The number of nitrogens with one attached hydrogen (secondary N) is 3. The molecule has 0 bridgehead atoms. The summed E-state index contributed by atoms with van der Waals surface area (Å²) >= 11 is 1.15. The molecule has 38 heavy (non-hydrogen) atoms. The van der Waals surface area contributed by atoms with Crippen LogP contribution in [0.4, 0.5) is 4.79 Å². The number of urea groups is 1. The molecule has 0 unspecified atom stereocenters. The molecule has 3 atom stereocenters. The fourth-order valence-electron chi connectivity index (χ4n) is 4.35. The third-order valence-electron chi connectivity index (χ3n) is 6.29. The van der Waals surface area contributed by atoms with E-state index in [1.807, 2.05) is 0 Å². The maximum Gasteiger partial charge on any atom is 0.354 e. The van der Waals surface area contributed by atoms with E-state index in [1.165, 1.54) is 4.90 Å². The Balaban J connectivity index is 1.57. The van der Waals surface area contributed by atoms with Crippen molar-refractivity contribution in [3.8, 4) is 0 Å². The lowest BCUT2D eigenvalue weighted by atomic mass is 10.0. The molecule has 1 aromatic carbocycles. The number of aliphatic carboxylic acids is 1. The summed E-state index contributed by atoms with van der Waals surface area (Å²) in [4.78, 5) is 89.4. The molecule has 3 aliphatic rings. The molecule has 7 amide bonds. The number of carboxylic acid groups (broad SMARTS) is 1. The van der Waals surface area contributed by atoms with E-state index in [0.717, 1.165) is 21.6 Å². The number of thioether (sulfide) groups is 1. The van der Waals surface area contributed by atoms with Crippen molar-refractivity contribution in [2.24, 2.45) is 0 Å². The van der Waals surface area contributed by atoms with Crippen LogP contribution >= 0.6 is 11.8 Å². The molecule has 4 rings (SSSR count). The van der Waals surface area contributed by atoms with E-state index in [4.69, 9.17) is 0 Å². The van der Waals surface area contributed by atoms with Crippen molar-refractivity contribution in [2.75, 3.05) is 25.4 Å². The van der Waals surface area contributed by atoms with E-state index in [0.29, 0.717) is 18.5 Å². The molecule has 0 aliphatic carbocycles. The highest BCUT2D eigenvalue weighted by atomic mass is 32.2. The number of piperazine rings is 1. The molecule has 15 heteroatoms. The largest absolute Gasteiger partial charge is 0.477 e. The third kappa shape index (κ3) is 4.79. The third-order valence-corrected chi connectivity index (χ3v) is 7.57. The Bertz CT molecular complexity index is 1240. The lowest BCUT2D eigenvalue weighted by Gasteiger charge is -2.48. The van der Waals surface area contributed by atoms with E-state index in [1.54, 1.807) is 37.3 Å². The summed E-state index contributed by atoms with van der Waals surface area (Å²) < 4.78 is 0. The Hall–Kier alpha value is -4.40. The second kappa shape index (κ2) is 10.9. The summed E-state index contributed by atoms with van der Waals surface area (Å²) in [7, 11) is 0. The maximum atomic E-state index is 13.4. The van der Waals surface area contributed by atoms with E-state index in [-0.39, 0.29) is 24.5 Å². The van der Waals surface area contributed by atoms with Gasteiger partial charge in [-0.15, -0.1) is 11.8 Å². The topological polar surface area (TPSA) is 186 Å². The second-order valence-corrected chi connectivity index (χ2v) is 9.53. The quantitative estimate of drug-likeness (QED) is 0.173. The first-order chi connectivity index (χ1) is 18.2. The summed E-state index contributed by atoms with van der Waals surface area (Å²) in [6, 6.07) is 4.84. The van der Waals surface area contributed by atoms with Gasteiger partial charge >= 0.3 is 23.8 Å². The first-order valence-corrected chi connectivity index (χ1v) is 12.6. The van der Waals surface area contributed by atoms with Gasteiger partial charge < -0.3 is 26.0 Å². The van der Waals surface area contributed by atoms with Gasteiger partial charge in [0.2, 0.25) is 6.41 Å². The summed E-state index contributed by atoms with van der Waals surface area (Å²) in [6.07, 6.45) is 0.357. The van der Waals surface area contributed by atoms with Crippen LogP contribution in [-0.4, -0.2) is 98.6 Å². The van der Waals surface area contributed by atoms with Gasteiger partial charge in [-0.3, -0.25) is 33.8 Å². The van der Waals surface area contributed by atoms with E-state index in [2.05, 4.69) is 16.0 Å². The zero-order chi connectivity index (χ0) is 27.6. The Morgan fingerprint density at radius 3 is 2.47 bits per heavy atom. The van der Waals surface area contributed by atoms with Crippen LogP contribution < -0.4 is 16.0 Å². The van der Waals surface area contributed by atoms with Crippen molar-refractivity contribution in [3.63, 3.8) is 0 Å². The minimum absolute atomic E-state index is 0.000276. The Morgan fingerprint density at radius 2 is 1.84 bits per heavy atom. The molecule has 0 aromatic heterocycles. The predicted octanol–water partition coefficient (Wildman–Crippen LogP) is -1.43. The highest BCUT2D eigenvalue weighted by molar-refractivity contribution is 8.00. The molecule has 2 fully saturated rings. The maximum absolute atomic E-state index is 13.4. The Kier molecular flexibility index (Phi) is 7.66. The number of β-lactam (4-membered cyclic amide) rings is 1. The zero-order valence-corrected chi connectivity index (χ0v) is 20.9. The van der Waals surface area contributed by atoms with Crippen LogP contribution in [0.2, 0.25) is 0 Å². The second-order valence-electron chi connectivity index (χ2n) is 8.43. The fraction of sp³-hybridized carbons (Fsp3) is 0.348. The number of carbonyl (C=O) groups excluding carboxylic acids is 6. The summed E-state index contributed by atoms with van der Waals surface area (Å²) in [5, 5.41) is 16.5. The summed E-state index contributed by atoms with van der Waals surface area (Å²) in [6.45, 7) is 2.09. The molecule has 4 N–H and O–H groups in total. The van der Waals surface area contributed by atoms with Gasteiger partial charge in [-0.05, 0) is 12.5 Å². The normalized spacial score (nSPS) is 21.8. The molecule has 0 radical (unpaired) electrons. The number of carboxylic acids is 1. The molecule has 1 aromatic rings. The van der Waals surface area contributed by atoms with Crippen molar-refractivity contribution in [2.45, 2.75) is 24.4 Å². The van der Waals surface area contributed by atoms with Gasteiger partial charge in [-0.25, -0.2) is 9.59 Å². The van der Waals surface area contributed by atoms with Crippen LogP contribution in [0, 0.1) is 0 Å². The van der Waals surface area contributed by atoms with Gasteiger partial charge in [-0.1, -0.05) is 30.3 Å². The van der Waals surface area contributed by atoms with Crippen LogP contribution in [0.25, 0.3) is 0 Å². The smallest absolute Gasteiger partial charge is 0.354 e. The van der Waals surface area contributed by atoms with Crippen LogP contribution in [-0.2, 0) is 28.8 Å². The van der Waals surface area contributed by atoms with Crippen molar-refractivity contribution in [3.05, 3.63) is 47.3 Å². The number of carbonyl (C=O) groups is 7. The fourth-order valence-corrected chi connectivity index (χ4v) is 5.64. The van der Waals surface area contributed by atoms with Crippen molar-refractivity contribution in [1.29, 1.82) is 0 Å². The Morgan fingerprint density at radius 1 is 1.13 bits per heavy atom. The minimum atomic E-state index is -1.46. The number of amides is 7. The van der Waals surface area contributed by atoms with Crippen LogP contribution in [0.15, 0.2) is 41.7 Å². The average molecular weight is 545 g/mol. The van der Waals surface area contributed by atoms with Gasteiger partial charge in [0, 0.05) is 25.4 Å². The van der Waals surface area contributed by atoms with Crippen LogP contribution in [0.5, 0.6) is 0 Å². The van der Waals surface area contributed by atoms with Gasteiger partial charge in [0.25, 0.3) is 11.8 Å². The zero-order valence-electron chi connectivity index (χ0n) is 20.1. The molecule has 200 valence electrons. The first kappa shape index (κ1) is 26.7. The highest BCUT2D eigenvalue weighted by Crippen LogP contribution is 2.39. The van der Waals surface area contributed by atoms with Gasteiger partial charge in [0.05, 0.1) is 5.70 Å². The first-order valence-electron chi connectivity index (χ1n) is 11.6. The van der Waals surface area contributed by atoms with E-state index in [9.17, 15) is 38.7 Å². The standard InChI is InChI=1S/C23H24N6O8S/c1-2-27-8-9-28(20(34)19(27)33)23(37)26-14(12-6-4-3-5-7-12)17(31)25-13-10-38-21-15(24-11-30)18(32)29(21)16(13)22(35)36/h3-7,11,14-15,21H,2,8-10H2,1H3,(H,24,30)(H,25,31)(H,26,37)(H,35,36)/t14-,15+,21-/m1/s1. The minimum Gasteiger partial charge on any atom is -0.477 e. The van der Waals surface area contributed by atoms with Gasteiger partial charge in [0.15, 0.2) is 5.70 Å². The lowest BCUT2D eigenvalue weighted by Crippen LogP contribution is -2.70. The number of benzene rings is 1. The SMILES string of the molecule is CCN1CCN(C(=O)N[C@@H](C(=O)NC2=C(C(=O)O)N3C(=O)[C@H](NC=O)[C@H]3SC2)c2ccccc2)C(=O)C1=O. The monoisotopic (exact) mass is 544 g/mol. The van der Waals surface area contributed by atoms with Crippen LogP contribution in [0.3, 0.4) is 0 Å². The van der Waals surface area contributed by atoms with E-state index < -0.39 is 58.8 Å². The summed E-state index contributed by atoms with van der Waals surface area (Å²) in [5.41, 5.74) is -0.177. The Labute approximate surface area is 220 Å². The van der Waals surface area contributed by atoms with E-state index >= 15 is 0 Å². The molecular weight excluding hydrogens is 520 g/mol. The molecule has 0 saturated carbocycles. The van der Waals surface area contributed by atoms with Crippen molar-refractivity contribution in [1.82, 2.24) is 30.7 Å². The predicted molar refractivity (Wildman–Crippen MR) is 131 cm³/mol. The number of nitrogens with zero attached hydrogens (tertiary/aromatic N) is 3. The molecule has 14 nitrogen and oxygen atoms in total. The molecule has 3 aliphatic heterocycles. The summed E-state index contributed by atoms with van der Waals surface area (Å²) in [5.74, 6) is -4.77. The number of fused-ring (bicyclic) bond motifs is 1. The van der Waals surface area contributed by atoms with Crippen LogP contribution in [0.1, 0.15) is 18.5 Å². The number of hydrogen-bond donors (Lipinski definition) is 4. The molecule has 0 spiro atoms. The van der Waals surface area contributed by atoms with Gasteiger partial charge in [0.1, 0.15) is 17.5 Å². The molecular formula is C23H24N6O8S. The lowest BCUT2D eigenvalue weighted by molar-refractivity contribution is -0.153. The van der Waals surface area contributed by atoms with Gasteiger partial charge in [-0.2, -0.15) is 0 Å². The van der Waals surface area contributed by atoms with Crippen molar-refractivity contribution >= 4 is 53.8 Å². The number of imide groups is 1. The van der Waals surface area contributed by atoms with Crippen molar-refractivity contribution < 1.29 is 38.7 Å².